The molecule has 0 aliphatic rings. The summed E-state index contributed by atoms with van der Waals surface area (Å²) in [5.41, 5.74) is 3.75. The number of nitrogens with zero attached hydrogens (tertiary/aromatic N) is 1. The summed E-state index contributed by atoms with van der Waals surface area (Å²) in [6, 6.07) is 15.6. The van der Waals surface area contributed by atoms with Crippen molar-refractivity contribution in [3.05, 3.63) is 77.7 Å². The number of furan rings is 1. The van der Waals surface area contributed by atoms with E-state index >= 15 is 0 Å². The third-order valence-corrected chi connectivity index (χ3v) is 5.02. The molecule has 0 saturated carbocycles. The fraction of sp³-hybridized carbons (Fsp3) is 0.231. The molecule has 0 atom stereocenters. The molecule has 194 valence electrons. The Hall–Kier alpha value is -4.80. The number of amides is 3. The molecule has 0 bridgehead atoms. The van der Waals surface area contributed by atoms with E-state index in [1.165, 1.54) is 12.5 Å². The number of methoxy groups -OCH3 is 2. The lowest BCUT2D eigenvalue weighted by molar-refractivity contribution is -0.139. The van der Waals surface area contributed by atoms with Crippen LogP contribution in [0.3, 0.4) is 0 Å². The SMILES string of the molecule is COc1ccc(CCNC(=O)C(=O)N/N=C\c2ccc(OCC(=O)NCc3ccco3)cc2)cc1OC. The fourth-order valence-electron chi connectivity index (χ4n) is 3.10. The average molecular weight is 509 g/mol. The van der Waals surface area contributed by atoms with E-state index in [9.17, 15) is 14.4 Å². The summed E-state index contributed by atoms with van der Waals surface area (Å²) >= 11 is 0. The molecule has 1 aromatic heterocycles. The highest BCUT2D eigenvalue weighted by Crippen LogP contribution is 2.27. The highest BCUT2D eigenvalue weighted by atomic mass is 16.5. The molecule has 0 saturated heterocycles. The second kappa shape index (κ2) is 13.9. The van der Waals surface area contributed by atoms with E-state index < -0.39 is 11.8 Å². The molecule has 0 fully saturated rings. The van der Waals surface area contributed by atoms with Crippen LogP contribution >= 0.6 is 0 Å². The van der Waals surface area contributed by atoms with Gasteiger partial charge in [-0.2, -0.15) is 5.10 Å². The van der Waals surface area contributed by atoms with Gasteiger partial charge in [-0.25, -0.2) is 5.43 Å². The number of benzene rings is 2. The van der Waals surface area contributed by atoms with Gasteiger partial charge >= 0.3 is 11.8 Å². The molecule has 3 N–H and O–H groups in total. The van der Waals surface area contributed by atoms with Crippen LogP contribution in [0, 0.1) is 0 Å². The van der Waals surface area contributed by atoms with Crippen molar-refractivity contribution in [2.45, 2.75) is 13.0 Å². The molecule has 0 spiro atoms. The quantitative estimate of drug-likeness (QED) is 0.192. The third-order valence-electron chi connectivity index (χ3n) is 5.02. The summed E-state index contributed by atoms with van der Waals surface area (Å²) in [5.74, 6) is 0.366. The monoisotopic (exact) mass is 508 g/mol. The van der Waals surface area contributed by atoms with E-state index in [1.807, 2.05) is 12.1 Å². The van der Waals surface area contributed by atoms with Gasteiger partial charge in [0.2, 0.25) is 0 Å². The van der Waals surface area contributed by atoms with Crippen LogP contribution in [-0.2, 0) is 27.3 Å². The van der Waals surface area contributed by atoms with Crippen LogP contribution in [0.2, 0.25) is 0 Å². The number of hydrazone groups is 1. The molecular formula is C26H28N4O7. The molecule has 2 aromatic carbocycles. The molecule has 0 unspecified atom stereocenters. The summed E-state index contributed by atoms with van der Waals surface area (Å²) in [7, 11) is 3.10. The molecule has 1 heterocycles. The number of hydrogen-bond donors (Lipinski definition) is 3. The zero-order valence-electron chi connectivity index (χ0n) is 20.5. The van der Waals surface area contributed by atoms with Crippen molar-refractivity contribution in [3.63, 3.8) is 0 Å². The lowest BCUT2D eigenvalue weighted by Gasteiger charge is -2.10. The van der Waals surface area contributed by atoms with E-state index in [4.69, 9.17) is 18.6 Å². The van der Waals surface area contributed by atoms with Gasteiger partial charge < -0.3 is 29.3 Å². The predicted octanol–water partition coefficient (Wildman–Crippen LogP) is 1.80. The number of hydrogen-bond acceptors (Lipinski definition) is 8. The van der Waals surface area contributed by atoms with Gasteiger partial charge in [0.1, 0.15) is 11.5 Å². The van der Waals surface area contributed by atoms with Gasteiger partial charge in [0, 0.05) is 6.54 Å². The van der Waals surface area contributed by atoms with E-state index in [1.54, 1.807) is 56.7 Å². The topological polar surface area (TPSA) is 140 Å². The summed E-state index contributed by atoms with van der Waals surface area (Å²) < 4.78 is 21.0. The maximum absolute atomic E-state index is 12.0. The molecule has 0 aliphatic heterocycles. The maximum Gasteiger partial charge on any atom is 0.329 e. The molecule has 11 heteroatoms. The Balaban J connectivity index is 1.35. The normalized spacial score (nSPS) is 10.5. The number of carbonyl (C=O) groups is 3. The molecule has 3 aromatic rings. The van der Waals surface area contributed by atoms with Crippen molar-refractivity contribution in [1.29, 1.82) is 0 Å². The molecule has 3 amide bonds. The first kappa shape index (κ1) is 26.8. The Morgan fingerprint density at radius 2 is 1.73 bits per heavy atom. The molecular weight excluding hydrogens is 480 g/mol. The minimum Gasteiger partial charge on any atom is -0.493 e. The zero-order chi connectivity index (χ0) is 26.5. The van der Waals surface area contributed by atoms with Crippen LogP contribution in [0.1, 0.15) is 16.9 Å². The lowest BCUT2D eigenvalue weighted by Crippen LogP contribution is -2.38. The van der Waals surface area contributed by atoms with E-state index in [2.05, 4.69) is 21.2 Å². The Kier molecular flexibility index (Phi) is 10.1. The van der Waals surface area contributed by atoms with Crippen molar-refractivity contribution in [2.24, 2.45) is 5.10 Å². The Labute approximate surface area is 213 Å². The first-order valence-electron chi connectivity index (χ1n) is 11.3. The Bertz CT molecular complexity index is 1210. The number of nitrogens with one attached hydrogen (secondary N) is 3. The number of carbonyl (C=O) groups excluding carboxylic acids is 3. The van der Waals surface area contributed by atoms with Gasteiger partial charge in [0.15, 0.2) is 18.1 Å². The Morgan fingerprint density at radius 1 is 0.946 bits per heavy atom. The largest absolute Gasteiger partial charge is 0.493 e. The van der Waals surface area contributed by atoms with Gasteiger partial charge in [-0.05, 0) is 66.1 Å². The van der Waals surface area contributed by atoms with Gasteiger partial charge in [0.25, 0.3) is 5.91 Å². The van der Waals surface area contributed by atoms with Crippen LogP contribution in [0.25, 0.3) is 0 Å². The highest BCUT2D eigenvalue weighted by Gasteiger charge is 2.12. The summed E-state index contributed by atoms with van der Waals surface area (Å²) in [4.78, 5) is 35.8. The summed E-state index contributed by atoms with van der Waals surface area (Å²) in [6.45, 7) is 0.394. The second-order valence-electron chi connectivity index (χ2n) is 7.61. The maximum atomic E-state index is 12.0. The van der Waals surface area contributed by atoms with Crippen LogP contribution in [0.4, 0.5) is 0 Å². The molecule has 0 radical (unpaired) electrons. The predicted molar refractivity (Wildman–Crippen MR) is 134 cm³/mol. The highest BCUT2D eigenvalue weighted by molar-refractivity contribution is 6.35. The molecule has 11 nitrogen and oxygen atoms in total. The van der Waals surface area contributed by atoms with Gasteiger partial charge in [-0.1, -0.05) is 6.07 Å². The van der Waals surface area contributed by atoms with Crippen LogP contribution < -0.4 is 30.3 Å². The first-order chi connectivity index (χ1) is 18.0. The lowest BCUT2D eigenvalue weighted by atomic mass is 10.1. The number of ether oxygens (including phenoxy) is 3. The van der Waals surface area contributed by atoms with Crippen molar-refractivity contribution in [1.82, 2.24) is 16.1 Å². The smallest absolute Gasteiger partial charge is 0.329 e. The van der Waals surface area contributed by atoms with Crippen LogP contribution in [-0.4, -0.2) is 51.3 Å². The second-order valence-corrected chi connectivity index (χ2v) is 7.61. The zero-order valence-corrected chi connectivity index (χ0v) is 20.5. The van der Waals surface area contributed by atoms with E-state index in [-0.39, 0.29) is 25.6 Å². The van der Waals surface area contributed by atoms with Gasteiger partial charge in [-0.3, -0.25) is 14.4 Å². The minimum absolute atomic E-state index is 0.147. The van der Waals surface area contributed by atoms with Gasteiger partial charge in [0.05, 0.1) is 33.2 Å². The summed E-state index contributed by atoms with van der Waals surface area (Å²) in [6.07, 6.45) is 3.42. The standard InChI is InChI=1S/C26H28N4O7/c1-34-22-10-7-18(14-23(22)35-2)11-12-27-25(32)26(33)30-29-15-19-5-8-20(9-6-19)37-17-24(31)28-16-21-4-3-13-36-21/h3-10,13-15H,11-12,16-17H2,1-2H3,(H,27,32)(H,28,31)(H,30,33)/b29-15-. The van der Waals surface area contributed by atoms with Crippen LogP contribution in [0.5, 0.6) is 17.2 Å². The summed E-state index contributed by atoms with van der Waals surface area (Å²) in [5, 5.41) is 9.02. The molecule has 0 aliphatic carbocycles. The average Bonchev–Trinajstić information content (AvgIpc) is 3.45. The van der Waals surface area contributed by atoms with Crippen molar-refractivity contribution >= 4 is 23.9 Å². The first-order valence-corrected chi connectivity index (χ1v) is 11.3. The van der Waals surface area contributed by atoms with Gasteiger partial charge in [-0.15, -0.1) is 0 Å². The van der Waals surface area contributed by atoms with Crippen molar-refractivity contribution < 1.29 is 33.0 Å². The number of rotatable bonds is 12. The van der Waals surface area contributed by atoms with E-state index in [0.29, 0.717) is 35.0 Å². The van der Waals surface area contributed by atoms with Crippen molar-refractivity contribution in [3.8, 4) is 17.2 Å². The van der Waals surface area contributed by atoms with Crippen LogP contribution in [0.15, 0.2) is 70.4 Å². The molecule has 3 rings (SSSR count). The Morgan fingerprint density at radius 3 is 2.43 bits per heavy atom. The van der Waals surface area contributed by atoms with Crippen molar-refractivity contribution in [2.75, 3.05) is 27.4 Å². The fourth-order valence-corrected chi connectivity index (χ4v) is 3.10. The minimum atomic E-state index is -0.885. The van der Waals surface area contributed by atoms with E-state index in [0.717, 1.165) is 5.56 Å². The molecule has 37 heavy (non-hydrogen) atoms. The third kappa shape index (κ3) is 8.73.